The number of hydrogen-bond donors (Lipinski definition) is 6. The van der Waals surface area contributed by atoms with Crippen molar-refractivity contribution in [2.24, 2.45) is 0 Å². The first kappa shape index (κ1) is 31.8. The lowest BCUT2D eigenvalue weighted by molar-refractivity contribution is -0.123. The Balaban J connectivity index is 1.64. The van der Waals surface area contributed by atoms with E-state index in [4.69, 9.17) is 4.65 Å². The molecule has 0 radical (unpaired) electrons. The molecule has 43 heavy (non-hydrogen) atoms. The quantitative estimate of drug-likeness (QED) is 0.158. The van der Waals surface area contributed by atoms with Crippen LogP contribution in [0, 0.1) is 11.6 Å². The van der Waals surface area contributed by atoms with E-state index in [-0.39, 0.29) is 17.5 Å². The highest BCUT2D eigenvalue weighted by molar-refractivity contribution is 7.88. The zero-order valence-corrected chi connectivity index (χ0v) is 23.5. The molecule has 230 valence electrons. The molecular formula is C22H22BF2N4O12PS. The molecule has 0 saturated carbocycles. The van der Waals surface area contributed by atoms with Crippen LogP contribution in [0.3, 0.4) is 0 Å². The van der Waals surface area contributed by atoms with Crippen LogP contribution in [0.25, 0.3) is 0 Å². The summed E-state index contributed by atoms with van der Waals surface area (Å²) >= 11 is 0. The first-order chi connectivity index (χ1) is 19.9. The zero-order chi connectivity index (χ0) is 32.0. The van der Waals surface area contributed by atoms with Gasteiger partial charge in [-0.1, -0.05) is 12.1 Å². The summed E-state index contributed by atoms with van der Waals surface area (Å²) in [5.41, 5.74) is -1.16. The molecule has 0 spiro atoms. The number of carboxylic acids is 1. The fourth-order valence-electron chi connectivity index (χ4n) is 4.48. The number of carboxylic acid groups (broad SMARTS) is 1. The van der Waals surface area contributed by atoms with Crippen LogP contribution in [0.1, 0.15) is 27.5 Å². The topological polar surface area (TPSA) is 240 Å². The van der Waals surface area contributed by atoms with Crippen LogP contribution in [0.4, 0.5) is 18.4 Å². The van der Waals surface area contributed by atoms with Crippen molar-refractivity contribution in [3.63, 3.8) is 0 Å². The van der Waals surface area contributed by atoms with Gasteiger partial charge in [0.25, 0.3) is 0 Å². The van der Waals surface area contributed by atoms with Gasteiger partial charge in [0.15, 0.2) is 0 Å². The molecule has 2 aromatic rings. The van der Waals surface area contributed by atoms with Gasteiger partial charge in [-0.15, -0.1) is 0 Å². The number of carbonyl (C=O) groups is 4. The van der Waals surface area contributed by atoms with Gasteiger partial charge in [0.2, 0.25) is 15.9 Å². The summed E-state index contributed by atoms with van der Waals surface area (Å²) in [5, 5.41) is 23.2. The minimum Gasteiger partial charge on any atom is -0.534 e. The second-order valence-corrected chi connectivity index (χ2v) is 12.9. The van der Waals surface area contributed by atoms with Crippen molar-refractivity contribution in [2.45, 2.75) is 18.4 Å². The number of carbonyl (C=O) groups excluding carboxylic acids is 3. The Labute approximate surface area is 241 Å². The highest BCUT2D eigenvalue weighted by atomic mass is 32.2. The van der Waals surface area contributed by atoms with Gasteiger partial charge in [0, 0.05) is 0 Å². The lowest BCUT2D eigenvalue weighted by atomic mass is 9.72. The summed E-state index contributed by atoms with van der Waals surface area (Å²) in [6.07, 6.45) is 0.431. The lowest BCUT2D eigenvalue weighted by Crippen LogP contribution is -2.56. The molecule has 5 amide bonds. The third-order valence-electron chi connectivity index (χ3n) is 6.52. The van der Waals surface area contributed by atoms with Gasteiger partial charge in [-0.05, 0) is 35.7 Å². The van der Waals surface area contributed by atoms with Crippen LogP contribution >= 0.6 is 7.60 Å². The molecule has 4 rings (SSSR count). The van der Waals surface area contributed by atoms with Crippen LogP contribution in [0.2, 0.25) is 0 Å². The maximum Gasteiger partial charge on any atom is 0.547 e. The van der Waals surface area contributed by atoms with Gasteiger partial charge in [-0.3, -0.25) is 9.36 Å². The highest BCUT2D eigenvalue weighted by Crippen LogP contribution is 2.35. The summed E-state index contributed by atoms with van der Waals surface area (Å²) in [7, 11) is -11.1. The van der Waals surface area contributed by atoms with E-state index in [1.54, 1.807) is 0 Å². The van der Waals surface area contributed by atoms with Crippen molar-refractivity contribution in [1.29, 1.82) is 0 Å². The van der Waals surface area contributed by atoms with Gasteiger partial charge in [0.1, 0.15) is 29.0 Å². The minimum absolute atomic E-state index is 0.0792. The lowest BCUT2D eigenvalue weighted by Gasteiger charge is -2.30. The first-order valence-electron chi connectivity index (χ1n) is 12.0. The van der Waals surface area contributed by atoms with Crippen molar-refractivity contribution in [3.8, 4) is 5.75 Å². The van der Waals surface area contributed by atoms with Crippen LogP contribution in [-0.4, -0.2) is 93.9 Å². The number of nitrogens with one attached hydrogen (secondary N) is 2. The number of amides is 5. The van der Waals surface area contributed by atoms with E-state index in [0.29, 0.717) is 21.3 Å². The van der Waals surface area contributed by atoms with Gasteiger partial charge >= 0.3 is 32.7 Å². The first-order valence-corrected chi connectivity index (χ1v) is 15.5. The van der Waals surface area contributed by atoms with Gasteiger partial charge in [-0.25, -0.2) is 40.8 Å². The summed E-state index contributed by atoms with van der Waals surface area (Å²) in [5.74, 6) is -7.27. The summed E-state index contributed by atoms with van der Waals surface area (Å²) < 4.78 is 69.5. The minimum atomic E-state index is -5.08. The fraction of sp³-hybridized carbons (Fsp3) is 0.273. The van der Waals surface area contributed by atoms with Crippen molar-refractivity contribution in [1.82, 2.24) is 19.8 Å². The predicted molar refractivity (Wildman–Crippen MR) is 141 cm³/mol. The van der Waals surface area contributed by atoms with Crippen LogP contribution in [-0.2, 0) is 25.8 Å². The normalized spacial score (nSPS) is 17.7. The summed E-state index contributed by atoms with van der Waals surface area (Å²) in [6, 6.07) is -0.321. The number of benzene rings is 2. The smallest absolute Gasteiger partial charge is 0.534 e. The Hall–Kier alpha value is -4.10. The molecule has 1 fully saturated rings. The molecule has 2 atom stereocenters. The summed E-state index contributed by atoms with van der Waals surface area (Å²) in [4.78, 5) is 69.5. The maximum atomic E-state index is 14.7. The molecule has 2 heterocycles. The fourth-order valence-corrected chi connectivity index (χ4v) is 5.89. The Morgan fingerprint density at radius 3 is 2.37 bits per heavy atom. The van der Waals surface area contributed by atoms with Crippen molar-refractivity contribution >= 4 is 54.0 Å². The van der Waals surface area contributed by atoms with Crippen LogP contribution < -0.4 is 20.6 Å². The monoisotopic (exact) mass is 646 g/mol. The van der Waals surface area contributed by atoms with Gasteiger partial charge in [-0.2, -0.15) is 0 Å². The molecule has 0 aliphatic carbocycles. The van der Waals surface area contributed by atoms with Crippen LogP contribution in [0.5, 0.6) is 5.75 Å². The SMILES string of the molecule is CS(=O)(=O)N1CCN(C(=O)N[C@@H](C(=O)N[C@H]2Cc3ccc(F)c(C(=O)O)c3OB2O)c2ccc(P(=O)(O)O)c(F)c2)C1=O. The summed E-state index contributed by atoms with van der Waals surface area (Å²) in [6.45, 7) is -0.802. The molecule has 1 saturated heterocycles. The van der Waals surface area contributed by atoms with E-state index >= 15 is 0 Å². The molecular weight excluding hydrogens is 624 g/mol. The number of fused-ring (bicyclic) bond motifs is 1. The average Bonchev–Trinajstić information content (AvgIpc) is 3.28. The molecule has 16 nitrogen and oxygen atoms in total. The highest BCUT2D eigenvalue weighted by Gasteiger charge is 2.42. The zero-order valence-electron chi connectivity index (χ0n) is 21.8. The maximum absolute atomic E-state index is 14.7. The van der Waals surface area contributed by atoms with E-state index in [1.807, 2.05) is 0 Å². The number of imide groups is 1. The van der Waals surface area contributed by atoms with E-state index < -0.39 is 102 Å². The predicted octanol–water partition coefficient (Wildman–Crippen LogP) is -0.946. The van der Waals surface area contributed by atoms with Crippen molar-refractivity contribution < 1.29 is 65.5 Å². The third-order valence-corrected chi connectivity index (χ3v) is 8.65. The number of sulfonamides is 1. The molecule has 0 unspecified atom stereocenters. The largest absolute Gasteiger partial charge is 0.547 e. The van der Waals surface area contributed by atoms with Gasteiger partial charge < -0.3 is 35.2 Å². The Morgan fingerprint density at radius 1 is 1.14 bits per heavy atom. The van der Waals surface area contributed by atoms with E-state index in [1.165, 1.54) is 0 Å². The molecule has 2 aliphatic rings. The second-order valence-electron chi connectivity index (χ2n) is 9.45. The molecule has 21 heteroatoms. The Morgan fingerprint density at radius 2 is 1.81 bits per heavy atom. The Bertz CT molecular complexity index is 1690. The number of nitrogens with zero attached hydrogens (tertiary/aromatic N) is 2. The molecule has 0 aromatic heterocycles. The third kappa shape index (κ3) is 6.47. The van der Waals surface area contributed by atoms with Gasteiger partial charge in [0.05, 0.1) is 30.6 Å². The van der Waals surface area contributed by atoms with Crippen LogP contribution in [0.15, 0.2) is 30.3 Å². The molecule has 0 bridgehead atoms. The van der Waals surface area contributed by atoms with Crippen molar-refractivity contribution in [3.05, 3.63) is 58.7 Å². The van der Waals surface area contributed by atoms with E-state index in [0.717, 1.165) is 24.5 Å². The molecule has 2 aromatic carbocycles. The second kappa shape index (κ2) is 11.5. The molecule has 6 N–H and O–H groups in total. The standard InChI is InChI=1S/C22H22BF2N4O12PS/c1-43(39,40)29-7-6-28(22(29)34)21(33)27-17(10-3-5-14(13(25)8-10)42(36,37)38)19(30)26-15-9-11-2-4-12(24)16(20(31)32)18(11)41-23(15)35/h2-5,8,15,17,35H,6-7,9H2,1H3,(H,26,30)(H,27,33)(H,31,32)(H2,36,37,38)/t15-,17+/m0/s1. The number of aromatic carboxylic acids is 1. The number of halogens is 2. The Kier molecular flexibility index (Phi) is 8.54. The molecule has 2 aliphatic heterocycles. The van der Waals surface area contributed by atoms with E-state index in [2.05, 4.69) is 10.6 Å². The number of hydrogen-bond acceptors (Lipinski definition) is 9. The van der Waals surface area contributed by atoms with E-state index in [9.17, 15) is 60.9 Å². The number of rotatable bonds is 7. The van der Waals surface area contributed by atoms with Crippen molar-refractivity contribution in [2.75, 3.05) is 19.3 Å². The average molecular weight is 646 g/mol. The number of urea groups is 2.